The van der Waals surface area contributed by atoms with Gasteiger partial charge in [0.1, 0.15) is 5.75 Å². The highest BCUT2D eigenvalue weighted by Crippen LogP contribution is 2.22. The molecule has 1 aromatic heterocycles. The summed E-state index contributed by atoms with van der Waals surface area (Å²) in [5.41, 5.74) is 0.266. The molecule has 0 aliphatic carbocycles. The van der Waals surface area contributed by atoms with Crippen molar-refractivity contribution in [2.75, 3.05) is 7.11 Å². The highest BCUT2D eigenvalue weighted by atomic mass is 35.5. The van der Waals surface area contributed by atoms with Gasteiger partial charge in [0.2, 0.25) is 5.28 Å². The van der Waals surface area contributed by atoms with Gasteiger partial charge in [0.15, 0.2) is 0 Å². The molecular formula is C10H10ClN3O2. The first-order valence-electron chi connectivity index (χ1n) is 4.60. The van der Waals surface area contributed by atoms with Crippen LogP contribution in [-0.4, -0.2) is 21.5 Å². The van der Waals surface area contributed by atoms with E-state index < -0.39 is 0 Å². The molecule has 1 aromatic carbocycles. The van der Waals surface area contributed by atoms with E-state index >= 15 is 0 Å². The van der Waals surface area contributed by atoms with Crippen molar-refractivity contribution in [1.82, 2.24) is 14.3 Å². The molecule has 0 radical (unpaired) electrons. The first-order chi connectivity index (χ1) is 7.65. The Balaban J connectivity index is 2.72. The molecule has 0 aliphatic heterocycles. The maximum atomic E-state index is 11.8. The molecule has 0 saturated heterocycles. The van der Waals surface area contributed by atoms with Crippen LogP contribution in [0, 0.1) is 0 Å². The zero-order valence-electron chi connectivity index (χ0n) is 8.85. The summed E-state index contributed by atoms with van der Waals surface area (Å²) in [4.78, 5) is 11.8. The molecule has 2 rings (SSSR count). The second-order valence-electron chi connectivity index (χ2n) is 3.18. The van der Waals surface area contributed by atoms with E-state index in [1.165, 1.54) is 16.4 Å². The lowest BCUT2D eigenvalue weighted by Crippen LogP contribution is -2.21. The van der Waals surface area contributed by atoms with E-state index in [9.17, 15) is 4.79 Å². The fourth-order valence-corrected chi connectivity index (χ4v) is 1.73. The van der Waals surface area contributed by atoms with Crippen LogP contribution in [0.2, 0.25) is 5.28 Å². The van der Waals surface area contributed by atoms with Crippen LogP contribution in [0.3, 0.4) is 0 Å². The van der Waals surface area contributed by atoms with Crippen molar-refractivity contribution >= 4 is 11.6 Å². The van der Waals surface area contributed by atoms with Gasteiger partial charge in [0.25, 0.3) is 0 Å². The molecule has 0 atom stereocenters. The average Bonchev–Trinajstić information content (AvgIpc) is 2.53. The molecule has 0 fully saturated rings. The summed E-state index contributed by atoms with van der Waals surface area (Å²) in [7, 11) is 3.08. The predicted octanol–water partition coefficient (Wildman–Crippen LogP) is 1.23. The summed E-state index contributed by atoms with van der Waals surface area (Å²) in [6, 6.07) is 7.12. The van der Waals surface area contributed by atoms with Crippen LogP contribution >= 0.6 is 11.6 Å². The number of hydrogen-bond acceptors (Lipinski definition) is 3. The summed E-state index contributed by atoms with van der Waals surface area (Å²) in [5.74, 6) is 0.569. The third-order valence-electron chi connectivity index (χ3n) is 2.21. The Bertz CT molecular complexity index is 574. The Morgan fingerprint density at radius 3 is 2.62 bits per heavy atom. The van der Waals surface area contributed by atoms with Crippen LogP contribution in [-0.2, 0) is 7.05 Å². The topological polar surface area (TPSA) is 49.0 Å². The Kier molecular flexibility index (Phi) is 2.70. The maximum Gasteiger partial charge on any atom is 0.351 e. The number of halogens is 1. The zero-order valence-corrected chi connectivity index (χ0v) is 9.60. The Morgan fingerprint density at radius 1 is 1.38 bits per heavy atom. The number of para-hydroxylation sites is 2. The Labute approximate surface area is 96.8 Å². The fourth-order valence-electron chi connectivity index (χ4n) is 1.45. The SMILES string of the molecule is COc1ccccc1-n1c(Cl)nn(C)c1=O. The first kappa shape index (κ1) is 10.8. The van der Waals surface area contributed by atoms with E-state index in [4.69, 9.17) is 16.3 Å². The van der Waals surface area contributed by atoms with Crippen molar-refractivity contribution < 1.29 is 4.74 Å². The second kappa shape index (κ2) is 4.02. The van der Waals surface area contributed by atoms with Gasteiger partial charge in [-0.1, -0.05) is 12.1 Å². The average molecular weight is 240 g/mol. The number of methoxy groups -OCH3 is 1. The Hall–Kier alpha value is -1.75. The molecule has 6 heteroatoms. The van der Waals surface area contributed by atoms with Gasteiger partial charge in [-0.3, -0.25) is 0 Å². The van der Waals surface area contributed by atoms with Gasteiger partial charge in [-0.2, -0.15) is 0 Å². The van der Waals surface area contributed by atoms with Crippen LogP contribution in [0.25, 0.3) is 5.69 Å². The minimum Gasteiger partial charge on any atom is -0.495 e. The summed E-state index contributed by atoms with van der Waals surface area (Å²) in [5, 5.41) is 3.95. The van der Waals surface area contributed by atoms with Gasteiger partial charge in [-0.05, 0) is 23.7 Å². The molecule has 5 nitrogen and oxygen atoms in total. The molecule has 84 valence electrons. The van der Waals surface area contributed by atoms with Crippen LogP contribution in [0.1, 0.15) is 0 Å². The van der Waals surface area contributed by atoms with Crippen molar-refractivity contribution in [3.8, 4) is 11.4 Å². The quantitative estimate of drug-likeness (QED) is 0.792. The number of ether oxygens (including phenoxy) is 1. The first-order valence-corrected chi connectivity index (χ1v) is 4.98. The molecule has 16 heavy (non-hydrogen) atoms. The van der Waals surface area contributed by atoms with E-state index in [0.29, 0.717) is 11.4 Å². The molecular weight excluding hydrogens is 230 g/mol. The maximum absolute atomic E-state index is 11.8. The molecule has 0 amide bonds. The normalized spacial score (nSPS) is 10.4. The molecule has 1 heterocycles. The van der Waals surface area contributed by atoms with Crippen LogP contribution in [0.4, 0.5) is 0 Å². The molecule has 0 N–H and O–H groups in total. The van der Waals surface area contributed by atoms with E-state index in [-0.39, 0.29) is 11.0 Å². The third-order valence-corrected chi connectivity index (χ3v) is 2.46. The standard InChI is InChI=1S/C10H10ClN3O2/c1-13-10(15)14(9(11)12-13)7-5-3-4-6-8(7)16-2/h3-6H,1-2H3. The van der Waals surface area contributed by atoms with E-state index in [2.05, 4.69) is 5.10 Å². The van der Waals surface area contributed by atoms with Gasteiger partial charge in [0.05, 0.1) is 12.8 Å². The molecule has 0 saturated carbocycles. The smallest absolute Gasteiger partial charge is 0.351 e. The highest BCUT2D eigenvalue weighted by molar-refractivity contribution is 6.28. The van der Waals surface area contributed by atoms with Crippen molar-refractivity contribution in [3.63, 3.8) is 0 Å². The minimum absolute atomic E-state index is 0.108. The molecule has 0 bridgehead atoms. The summed E-state index contributed by atoms with van der Waals surface area (Å²) >= 11 is 5.89. The third kappa shape index (κ3) is 1.59. The largest absolute Gasteiger partial charge is 0.495 e. The number of rotatable bonds is 2. The second-order valence-corrected chi connectivity index (χ2v) is 3.52. The molecule has 2 aromatic rings. The molecule has 0 unspecified atom stereocenters. The van der Waals surface area contributed by atoms with Crippen LogP contribution < -0.4 is 10.4 Å². The van der Waals surface area contributed by atoms with E-state index in [1.807, 2.05) is 6.07 Å². The summed E-state index contributed by atoms with van der Waals surface area (Å²) < 4.78 is 7.63. The lowest BCUT2D eigenvalue weighted by atomic mass is 10.3. The summed E-state index contributed by atoms with van der Waals surface area (Å²) in [6.45, 7) is 0. The van der Waals surface area contributed by atoms with Crippen LogP contribution in [0.15, 0.2) is 29.1 Å². The monoisotopic (exact) mass is 239 g/mol. The molecule has 0 spiro atoms. The number of aromatic nitrogens is 3. The van der Waals surface area contributed by atoms with E-state index in [0.717, 1.165) is 0 Å². The number of nitrogens with zero attached hydrogens (tertiary/aromatic N) is 3. The van der Waals surface area contributed by atoms with Crippen molar-refractivity contribution in [2.24, 2.45) is 7.05 Å². The Morgan fingerprint density at radius 2 is 2.06 bits per heavy atom. The van der Waals surface area contributed by atoms with Crippen LogP contribution in [0.5, 0.6) is 5.75 Å². The predicted molar refractivity (Wildman–Crippen MR) is 60.4 cm³/mol. The van der Waals surface area contributed by atoms with Gasteiger partial charge >= 0.3 is 5.69 Å². The highest BCUT2D eigenvalue weighted by Gasteiger charge is 2.14. The lowest BCUT2D eigenvalue weighted by Gasteiger charge is -2.07. The number of hydrogen-bond donors (Lipinski definition) is 0. The minimum atomic E-state index is -0.311. The lowest BCUT2D eigenvalue weighted by molar-refractivity contribution is 0.412. The van der Waals surface area contributed by atoms with Gasteiger partial charge in [0, 0.05) is 7.05 Å². The fraction of sp³-hybridized carbons (Fsp3) is 0.200. The number of benzene rings is 1. The van der Waals surface area contributed by atoms with E-state index in [1.54, 1.807) is 25.2 Å². The molecule has 0 aliphatic rings. The van der Waals surface area contributed by atoms with Gasteiger partial charge < -0.3 is 4.74 Å². The zero-order chi connectivity index (χ0) is 11.7. The summed E-state index contributed by atoms with van der Waals surface area (Å²) in [6.07, 6.45) is 0. The van der Waals surface area contributed by atoms with Gasteiger partial charge in [-0.25, -0.2) is 14.0 Å². The van der Waals surface area contributed by atoms with Gasteiger partial charge in [-0.15, -0.1) is 5.10 Å². The van der Waals surface area contributed by atoms with Crippen molar-refractivity contribution in [1.29, 1.82) is 0 Å². The number of aryl methyl sites for hydroxylation is 1. The van der Waals surface area contributed by atoms with Crippen molar-refractivity contribution in [2.45, 2.75) is 0 Å². The van der Waals surface area contributed by atoms with Crippen molar-refractivity contribution in [3.05, 3.63) is 40.0 Å².